The van der Waals surface area contributed by atoms with Gasteiger partial charge in [-0.3, -0.25) is 4.79 Å². The van der Waals surface area contributed by atoms with E-state index in [1.54, 1.807) is 23.6 Å². The van der Waals surface area contributed by atoms with E-state index in [-0.39, 0.29) is 22.7 Å². The minimum absolute atomic E-state index is 0.0708. The van der Waals surface area contributed by atoms with Gasteiger partial charge in [0.2, 0.25) is 5.91 Å². The Kier molecular flexibility index (Phi) is 6.71. The number of nitrogens with zero attached hydrogens (tertiary/aromatic N) is 2. The number of thiophene rings is 1. The predicted octanol–water partition coefficient (Wildman–Crippen LogP) is 4.44. The van der Waals surface area contributed by atoms with Crippen LogP contribution in [0.1, 0.15) is 22.9 Å². The number of likely N-dealkylation sites (N-methyl/N-ethyl adjacent to an activating group) is 1. The van der Waals surface area contributed by atoms with Crippen LogP contribution in [0.5, 0.6) is 0 Å². The molecule has 7 nitrogen and oxygen atoms in total. The second kappa shape index (κ2) is 9.40. The predicted molar refractivity (Wildman–Crippen MR) is 125 cm³/mol. The molecule has 0 spiro atoms. The lowest BCUT2D eigenvalue weighted by Gasteiger charge is -2.35. The summed E-state index contributed by atoms with van der Waals surface area (Å²) >= 11 is 7.03. The van der Waals surface area contributed by atoms with E-state index < -0.39 is 39.8 Å². The Morgan fingerprint density at radius 2 is 1.97 bits per heavy atom. The zero-order valence-electron chi connectivity index (χ0n) is 17.6. The van der Waals surface area contributed by atoms with Gasteiger partial charge in [-0.25, -0.2) is 8.78 Å². The largest absolute Gasteiger partial charge is 0.325 e. The van der Waals surface area contributed by atoms with Crippen molar-refractivity contribution in [2.24, 2.45) is 0 Å². The maximum absolute atomic E-state index is 14.0. The zero-order valence-corrected chi connectivity index (χ0v) is 19.9. The molecule has 2 atom stereocenters. The Morgan fingerprint density at radius 3 is 2.65 bits per heavy atom. The van der Waals surface area contributed by atoms with Crippen LogP contribution in [0, 0.1) is 23.0 Å². The Labute approximate surface area is 203 Å². The summed E-state index contributed by atoms with van der Waals surface area (Å²) in [6.07, 6.45) is 0.123. The molecule has 1 aliphatic heterocycles. The monoisotopic (exact) mass is 522 g/mol. The van der Waals surface area contributed by atoms with Gasteiger partial charge in [0, 0.05) is 17.6 Å². The smallest absolute Gasteiger partial charge is 0.280 e. The molecular formula is C22H17ClF2N4O3S2. The van der Waals surface area contributed by atoms with Crippen LogP contribution in [0.4, 0.5) is 14.5 Å². The Hall–Kier alpha value is -2.88. The van der Waals surface area contributed by atoms with Crippen molar-refractivity contribution in [2.75, 3.05) is 12.4 Å². The molecule has 0 bridgehead atoms. The first kappa shape index (κ1) is 24.3. The highest BCUT2D eigenvalue weighted by Gasteiger charge is 2.41. The lowest BCUT2D eigenvalue weighted by Crippen LogP contribution is -2.55. The van der Waals surface area contributed by atoms with Crippen molar-refractivity contribution in [3.8, 4) is 17.2 Å². The normalized spacial score (nSPS) is 20.0. The number of nitrogens with one attached hydrogen (secondary N) is 2. The molecule has 2 unspecified atom stereocenters. The number of rotatable bonds is 4. The average molecular weight is 523 g/mol. The topological polar surface area (TPSA) is 102 Å². The lowest BCUT2D eigenvalue weighted by molar-refractivity contribution is -0.120. The van der Waals surface area contributed by atoms with E-state index in [1.165, 1.54) is 42.6 Å². The molecule has 1 aromatic heterocycles. The van der Waals surface area contributed by atoms with Crippen LogP contribution in [-0.4, -0.2) is 31.7 Å². The standard InChI is InChI=1S/C22H17ClF2N4O3S2/c1-29-20(22(30)27-15-4-5-17(24)16(23)8-15)9-19(28-34(29,31)32)21-7-14(11-33-21)12-2-3-13(10-26)18(25)6-12/h2-8,11,19-20,28H,9H2,1H3,(H,27,30). The van der Waals surface area contributed by atoms with Gasteiger partial charge in [0.15, 0.2) is 0 Å². The van der Waals surface area contributed by atoms with E-state index in [2.05, 4.69) is 10.0 Å². The van der Waals surface area contributed by atoms with Crippen molar-refractivity contribution >= 4 is 44.7 Å². The van der Waals surface area contributed by atoms with Crippen LogP contribution < -0.4 is 10.0 Å². The Balaban J connectivity index is 1.58. The number of benzene rings is 2. The van der Waals surface area contributed by atoms with E-state index in [1.807, 2.05) is 0 Å². The summed E-state index contributed by atoms with van der Waals surface area (Å²) in [5, 5.41) is 13.1. The number of halogens is 3. The van der Waals surface area contributed by atoms with E-state index in [0.717, 1.165) is 10.4 Å². The van der Waals surface area contributed by atoms with Gasteiger partial charge in [-0.2, -0.15) is 22.7 Å². The first-order valence-corrected chi connectivity index (χ1v) is 12.6. The van der Waals surface area contributed by atoms with Crippen molar-refractivity contribution < 1.29 is 22.0 Å². The highest BCUT2D eigenvalue weighted by molar-refractivity contribution is 7.87. The van der Waals surface area contributed by atoms with Gasteiger partial charge in [0.25, 0.3) is 10.2 Å². The van der Waals surface area contributed by atoms with Gasteiger partial charge in [0.05, 0.1) is 16.6 Å². The maximum Gasteiger partial charge on any atom is 0.280 e. The molecule has 2 heterocycles. The number of amides is 1. The average Bonchev–Trinajstić information content (AvgIpc) is 3.28. The van der Waals surface area contributed by atoms with Crippen molar-refractivity contribution in [1.82, 2.24) is 9.03 Å². The molecule has 176 valence electrons. The third-order valence-electron chi connectivity index (χ3n) is 5.44. The highest BCUT2D eigenvalue weighted by Crippen LogP contribution is 2.35. The molecule has 0 aliphatic carbocycles. The van der Waals surface area contributed by atoms with Gasteiger partial charge in [-0.15, -0.1) is 11.3 Å². The van der Waals surface area contributed by atoms with Crippen molar-refractivity contribution in [1.29, 1.82) is 5.26 Å². The van der Waals surface area contributed by atoms with Crippen molar-refractivity contribution in [2.45, 2.75) is 18.5 Å². The third kappa shape index (κ3) is 4.82. The number of anilines is 1. The zero-order chi connectivity index (χ0) is 24.6. The summed E-state index contributed by atoms with van der Waals surface area (Å²) < 4.78 is 56.3. The quantitative estimate of drug-likeness (QED) is 0.529. The first-order chi connectivity index (χ1) is 16.1. The molecule has 1 aliphatic rings. The number of nitriles is 1. The lowest BCUT2D eigenvalue weighted by atomic mass is 10.0. The molecule has 1 fully saturated rings. The van der Waals surface area contributed by atoms with Crippen LogP contribution in [-0.2, 0) is 15.0 Å². The summed E-state index contributed by atoms with van der Waals surface area (Å²) in [4.78, 5) is 13.6. The van der Waals surface area contributed by atoms with Gasteiger partial charge in [0.1, 0.15) is 23.7 Å². The third-order valence-corrected chi connectivity index (χ3v) is 8.38. The molecular weight excluding hydrogens is 506 g/mol. The van der Waals surface area contributed by atoms with E-state index in [9.17, 15) is 22.0 Å². The molecule has 2 aromatic carbocycles. The fourth-order valence-corrected chi connectivity index (χ4v) is 6.07. The van der Waals surface area contributed by atoms with Crippen LogP contribution in [0.15, 0.2) is 47.8 Å². The molecule has 3 aromatic rings. The van der Waals surface area contributed by atoms with Gasteiger partial charge in [-0.1, -0.05) is 17.7 Å². The van der Waals surface area contributed by atoms with Gasteiger partial charge < -0.3 is 5.32 Å². The summed E-state index contributed by atoms with van der Waals surface area (Å²) in [7, 11) is -2.69. The summed E-state index contributed by atoms with van der Waals surface area (Å²) in [6, 6.07) is 9.64. The molecule has 0 saturated carbocycles. The second-order valence-electron chi connectivity index (χ2n) is 7.61. The second-order valence-corrected chi connectivity index (χ2v) is 10.7. The fraction of sp³-hybridized carbons (Fsp3) is 0.182. The molecule has 1 saturated heterocycles. The maximum atomic E-state index is 14.0. The van der Waals surface area contributed by atoms with Gasteiger partial charge in [-0.05, 0) is 59.3 Å². The highest BCUT2D eigenvalue weighted by atomic mass is 35.5. The van der Waals surface area contributed by atoms with E-state index in [4.69, 9.17) is 16.9 Å². The molecule has 34 heavy (non-hydrogen) atoms. The summed E-state index contributed by atoms with van der Waals surface area (Å²) in [5.41, 5.74) is 1.36. The minimum atomic E-state index is -3.98. The van der Waals surface area contributed by atoms with Crippen molar-refractivity contribution in [3.63, 3.8) is 0 Å². The van der Waals surface area contributed by atoms with Crippen LogP contribution in [0.25, 0.3) is 11.1 Å². The molecule has 0 radical (unpaired) electrons. The van der Waals surface area contributed by atoms with E-state index in [0.29, 0.717) is 16.0 Å². The number of carbonyl (C=O) groups excluding carboxylic acids is 1. The Morgan fingerprint density at radius 1 is 1.21 bits per heavy atom. The molecule has 1 amide bonds. The SMILES string of the molecule is CN1C(C(=O)Nc2ccc(F)c(Cl)c2)CC(c2cc(-c3ccc(C#N)c(F)c3)cs2)NS1(=O)=O. The first-order valence-electron chi connectivity index (χ1n) is 9.88. The van der Waals surface area contributed by atoms with Crippen LogP contribution in [0.3, 0.4) is 0 Å². The van der Waals surface area contributed by atoms with E-state index >= 15 is 0 Å². The van der Waals surface area contributed by atoms with Gasteiger partial charge >= 0.3 is 0 Å². The number of hydrogen-bond donors (Lipinski definition) is 2. The summed E-state index contributed by atoms with van der Waals surface area (Å²) in [6.45, 7) is 0. The molecule has 12 heteroatoms. The molecule has 4 rings (SSSR count). The number of carbonyl (C=O) groups is 1. The van der Waals surface area contributed by atoms with Crippen LogP contribution >= 0.6 is 22.9 Å². The van der Waals surface area contributed by atoms with Crippen LogP contribution in [0.2, 0.25) is 5.02 Å². The minimum Gasteiger partial charge on any atom is -0.325 e. The Bertz CT molecular complexity index is 1420. The van der Waals surface area contributed by atoms with Crippen molar-refractivity contribution in [3.05, 3.63) is 74.9 Å². The fourth-order valence-electron chi connectivity index (χ4n) is 3.57. The number of hydrogen-bond acceptors (Lipinski definition) is 5. The molecule has 2 N–H and O–H groups in total. The summed E-state index contributed by atoms with van der Waals surface area (Å²) in [5.74, 6) is -1.88.